The average Bonchev–Trinajstić information content (AvgIpc) is 3.06. The van der Waals surface area contributed by atoms with Gasteiger partial charge >= 0.3 is 5.76 Å². The Labute approximate surface area is 149 Å². The van der Waals surface area contributed by atoms with Gasteiger partial charge in [-0.1, -0.05) is 36.4 Å². The van der Waals surface area contributed by atoms with Gasteiger partial charge in [-0.15, -0.1) is 0 Å². The minimum atomic E-state index is -0.473. The number of benzene rings is 2. The number of aromatic amines is 1. The predicted octanol–water partition coefficient (Wildman–Crippen LogP) is 3.33. The van der Waals surface area contributed by atoms with Crippen LogP contribution in [0.5, 0.6) is 0 Å². The van der Waals surface area contributed by atoms with Gasteiger partial charge in [-0.2, -0.15) is 0 Å². The number of rotatable bonds is 5. The maximum atomic E-state index is 11.3. The first-order valence-corrected chi connectivity index (χ1v) is 8.23. The number of aliphatic hydroxyl groups is 1. The van der Waals surface area contributed by atoms with Crippen LogP contribution in [0, 0.1) is 0 Å². The third kappa shape index (κ3) is 3.22. The molecule has 3 N–H and O–H groups in total. The number of fused-ring (bicyclic) bond motifs is 1. The fraction of sp³-hybridized carbons (Fsp3) is 0.100. The van der Waals surface area contributed by atoms with E-state index in [0.29, 0.717) is 11.1 Å². The van der Waals surface area contributed by atoms with Gasteiger partial charge in [0.1, 0.15) is 0 Å². The molecular weight excluding hydrogens is 330 g/mol. The molecule has 0 spiro atoms. The number of aromatic nitrogens is 2. The highest BCUT2D eigenvalue weighted by Crippen LogP contribution is 2.26. The van der Waals surface area contributed by atoms with Crippen LogP contribution in [0.25, 0.3) is 22.2 Å². The number of nitrogens with one attached hydrogen (secondary N) is 2. The minimum absolute atomic E-state index is 0.0330. The Morgan fingerprint density at radius 1 is 1.08 bits per heavy atom. The van der Waals surface area contributed by atoms with Crippen molar-refractivity contribution >= 4 is 16.8 Å². The van der Waals surface area contributed by atoms with Crippen LogP contribution in [0.2, 0.25) is 0 Å². The van der Waals surface area contributed by atoms with Crippen molar-refractivity contribution in [3.63, 3.8) is 0 Å². The molecule has 0 bridgehead atoms. The summed E-state index contributed by atoms with van der Waals surface area (Å²) in [5, 5.41) is 13.0. The van der Waals surface area contributed by atoms with Gasteiger partial charge in [0.15, 0.2) is 5.58 Å². The standard InChI is InChI=1S/C20H17N3O3/c24-12-18(13-4-2-1-3-5-13)22-16-8-15(10-21-11-16)14-6-7-17-19(9-14)26-20(25)23-17/h1-11,18,22,24H,12H2,(H,23,25)/t18-/m0/s1. The summed E-state index contributed by atoms with van der Waals surface area (Å²) >= 11 is 0. The normalized spacial score (nSPS) is 12.2. The van der Waals surface area contributed by atoms with Crippen molar-refractivity contribution in [3.8, 4) is 11.1 Å². The van der Waals surface area contributed by atoms with Gasteiger partial charge in [-0.05, 0) is 29.3 Å². The molecular formula is C20H17N3O3. The largest absolute Gasteiger partial charge is 0.417 e. The predicted molar refractivity (Wildman–Crippen MR) is 100.0 cm³/mol. The zero-order valence-electron chi connectivity index (χ0n) is 13.8. The molecule has 0 aliphatic carbocycles. The molecule has 0 fully saturated rings. The van der Waals surface area contributed by atoms with E-state index in [0.717, 1.165) is 22.4 Å². The monoisotopic (exact) mass is 347 g/mol. The average molecular weight is 347 g/mol. The third-order valence-electron chi connectivity index (χ3n) is 4.22. The first-order valence-electron chi connectivity index (χ1n) is 8.23. The van der Waals surface area contributed by atoms with Crippen molar-refractivity contribution in [2.24, 2.45) is 0 Å². The highest BCUT2D eigenvalue weighted by Gasteiger charge is 2.11. The van der Waals surface area contributed by atoms with Crippen molar-refractivity contribution in [1.29, 1.82) is 0 Å². The summed E-state index contributed by atoms with van der Waals surface area (Å²) in [6.07, 6.45) is 3.46. The minimum Gasteiger partial charge on any atom is -0.408 e. The molecule has 0 aliphatic rings. The molecule has 4 rings (SSSR count). The summed E-state index contributed by atoms with van der Waals surface area (Å²) in [6, 6.07) is 17.0. The van der Waals surface area contributed by atoms with Crippen molar-refractivity contribution in [2.45, 2.75) is 6.04 Å². The molecule has 0 unspecified atom stereocenters. The van der Waals surface area contributed by atoms with E-state index in [2.05, 4.69) is 15.3 Å². The summed E-state index contributed by atoms with van der Waals surface area (Å²) in [5.74, 6) is -0.473. The van der Waals surface area contributed by atoms with E-state index >= 15 is 0 Å². The summed E-state index contributed by atoms with van der Waals surface area (Å²) in [4.78, 5) is 18.2. The number of hydrogen-bond donors (Lipinski definition) is 3. The van der Waals surface area contributed by atoms with Crippen molar-refractivity contribution in [2.75, 3.05) is 11.9 Å². The second kappa shape index (κ2) is 6.85. The van der Waals surface area contributed by atoms with Gasteiger partial charge in [-0.25, -0.2) is 4.79 Å². The molecule has 0 saturated carbocycles. The van der Waals surface area contributed by atoms with Crippen molar-refractivity contribution in [3.05, 3.63) is 83.1 Å². The fourth-order valence-electron chi connectivity index (χ4n) is 2.92. The zero-order chi connectivity index (χ0) is 17.9. The van der Waals surface area contributed by atoms with E-state index in [-0.39, 0.29) is 12.6 Å². The summed E-state index contributed by atoms with van der Waals surface area (Å²) < 4.78 is 5.12. The van der Waals surface area contributed by atoms with Crippen LogP contribution in [0.3, 0.4) is 0 Å². The van der Waals surface area contributed by atoms with Gasteiger partial charge in [0.25, 0.3) is 0 Å². The topological polar surface area (TPSA) is 91.2 Å². The lowest BCUT2D eigenvalue weighted by Gasteiger charge is -2.18. The number of nitrogens with zero attached hydrogens (tertiary/aromatic N) is 1. The summed E-state index contributed by atoms with van der Waals surface area (Å²) in [5.41, 5.74) is 4.72. The highest BCUT2D eigenvalue weighted by molar-refractivity contribution is 5.80. The number of pyridine rings is 1. The van der Waals surface area contributed by atoms with E-state index in [9.17, 15) is 9.90 Å². The molecule has 1 atom stereocenters. The first kappa shape index (κ1) is 16.1. The molecule has 0 radical (unpaired) electrons. The number of hydrogen-bond acceptors (Lipinski definition) is 5. The van der Waals surface area contributed by atoms with Gasteiger partial charge in [-0.3, -0.25) is 9.97 Å². The molecule has 2 aromatic heterocycles. The van der Waals surface area contributed by atoms with E-state index in [1.165, 1.54) is 0 Å². The Bertz CT molecular complexity index is 1090. The number of aliphatic hydroxyl groups excluding tert-OH is 1. The maximum absolute atomic E-state index is 11.3. The molecule has 6 heteroatoms. The van der Waals surface area contributed by atoms with Gasteiger partial charge in [0.05, 0.1) is 23.9 Å². The fourth-order valence-corrected chi connectivity index (χ4v) is 2.92. The molecule has 2 heterocycles. The van der Waals surface area contributed by atoms with Crippen LogP contribution in [0.15, 0.2) is 76.2 Å². The van der Waals surface area contributed by atoms with E-state index in [4.69, 9.17) is 4.42 Å². The van der Waals surface area contributed by atoms with Gasteiger partial charge < -0.3 is 14.8 Å². The number of oxazole rings is 1. The summed E-state index contributed by atoms with van der Waals surface area (Å²) in [7, 11) is 0. The molecule has 0 saturated heterocycles. The Balaban J connectivity index is 1.64. The second-order valence-electron chi connectivity index (χ2n) is 5.98. The molecule has 4 aromatic rings. The Kier molecular flexibility index (Phi) is 4.25. The number of H-pyrrole nitrogens is 1. The van der Waals surface area contributed by atoms with Crippen LogP contribution in [-0.2, 0) is 0 Å². The lowest BCUT2D eigenvalue weighted by Crippen LogP contribution is -2.14. The Morgan fingerprint density at radius 3 is 2.73 bits per heavy atom. The van der Waals surface area contributed by atoms with Crippen LogP contribution < -0.4 is 11.1 Å². The first-order chi connectivity index (χ1) is 12.7. The number of anilines is 1. The van der Waals surface area contributed by atoms with Gasteiger partial charge in [0, 0.05) is 18.0 Å². The van der Waals surface area contributed by atoms with Crippen molar-refractivity contribution in [1.82, 2.24) is 9.97 Å². The van der Waals surface area contributed by atoms with Crippen LogP contribution >= 0.6 is 0 Å². The summed E-state index contributed by atoms with van der Waals surface area (Å²) in [6.45, 7) is -0.0330. The molecule has 0 amide bonds. The second-order valence-corrected chi connectivity index (χ2v) is 5.98. The van der Waals surface area contributed by atoms with Crippen LogP contribution in [0.4, 0.5) is 5.69 Å². The van der Waals surface area contributed by atoms with Crippen molar-refractivity contribution < 1.29 is 9.52 Å². The SMILES string of the molecule is O=c1[nH]c2ccc(-c3cncc(N[C@@H](CO)c4ccccc4)c3)cc2o1. The molecule has 0 aliphatic heterocycles. The lowest BCUT2D eigenvalue weighted by atomic mass is 10.1. The quantitative estimate of drug-likeness (QED) is 0.515. The Morgan fingerprint density at radius 2 is 1.92 bits per heavy atom. The zero-order valence-corrected chi connectivity index (χ0v) is 13.8. The van der Waals surface area contributed by atoms with Crippen LogP contribution in [-0.4, -0.2) is 21.7 Å². The molecule has 26 heavy (non-hydrogen) atoms. The third-order valence-corrected chi connectivity index (χ3v) is 4.22. The van der Waals surface area contributed by atoms with E-state index < -0.39 is 5.76 Å². The Hall–Kier alpha value is -3.38. The van der Waals surface area contributed by atoms with Gasteiger partial charge in [0.2, 0.25) is 0 Å². The molecule has 2 aromatic carbocycles. The van der Waals surface area contributed by atoms with E-state index in [1.54, 1.807) is 24.5 Å². The smallest absolute Gasteiger partial charge is 0.408 e. The van der Waals surface area contributed by atoms with Crippen LogP contribution in [0.1, 0.15) is 11.6 Å². The lowest BCUT2D eigenvalue weighted by molar-refractivity contribution is 0.276. The molecule has 6 nitrogen and oxygen atoms in total. The molecule has 130 valence electrons. The van der Waals surface area contributed by atoms with E-state index in [1.807, 2.05) is 42.5 Å². The highest BCUT2D eigenvalue weighted by atomic mass is 16.4. The maximum Gasteiger partial charge on any atom is 0.417 e.